The van der Waals surface area contributed by atoms with E-state index in [0.29, 0.717) is 19.5 Å². The second-order valence-corrected chi connectivity index (χ2v) is 6.10. The molecule has 20 heavy (non-hydrogen) atoms. The molecule has 0 aliphatic heterocycles. The number of benzene rings is 1. The summed E-state index contributed by atoms with van der Waals surface area (Å²) in [5, 5.41) is 3.13. The molecule has 2 nitrogen and oxygen atoms in total. The third-order valence-corrected chi connectivity index (χ3v) is 3.72. The van der Waals surface area contributed by atoms with E-state index in [2.05, 4.69) is 37.2 Å². The predicted molar refractivity (Wildman–Crippen MR) is 80.0 cm³/mol. The Hall–Kier alpha value is -0.270. The van der Waals surface area contributed by atoms with E-state index in [4.69, 9.17) is 4.74 Å². The third kappa shape index (κ3) is 6.45. The summed E-state index contributed by atoms with van der Waals surface area (Å²) < 4.78 is 43.0. The first kappa shape index (κ1) is 17.8. The van der Waals surface area contributed by atoms with Gasteiger partial charge in [0, 0.05) is 23.0 Å². The number of hydrogen-bond acceptors (Lipinski definition) is 2. The number of hydrogen-bond donors (Lipinski definition) is 1. The molecule has 0 bridgehead atoms. The van der Waals surface area contributed by atoms with Gasteiger partial charge in [0.15, 0.2) is 0 Å². The molecule has 0 unspecified atom stereocenters. The molecule has 114 valence electrons. The average Bonchev–Trinajstić information content (AvgIpc) is 2.31. The number of alkyl halides is 3. The van der Waals surface area contributed by atoms with Crippen molar-refractivity contribution >= 4 is 31.9 Å². The van der Waals surface area contributed by atoms with Crippen molar-refractivity contribution in [2.45, 2.75) is 32.0 Å². The van der Waals surface area contributed by atoms with Crippen LogP contribution in [0.15, 0.2) is 21.1 Å². The van der Waals surface area contributed by atoms with Gasteiger partial charge in [-0.1, -0.05) is 15.9 Å². The topological polar surface area (TPSA) is 21.3 Å². The standard InChI is InChI=1S/C13H16Br2F3NO/c1-20-12-9(6-10(14)7-11(12)15)8-19-5-3-2-4-13(16,17)18/h6-7,19H,2-5,8H2,1H3. The van der Waals surface area contributed by atoms with Crippen molar-refractivity contribution in [2.24, 2.45) is 0 Å². The quantitative estimate of drug-likeness (QED) is 0.626. The van der Waals surface area contributed by atoms with Crippen LogP contribution in [0.25, 0.3) is 0 Å². The largest absolute Gasteiger partial charge is 0.495 e. The fourth-order valence-corrected chi connectivity index (χ4v) is 3.25. The van der Waals surface area contributed by atoms with Crippen LogP contribution in [0.3, 0.4) is 0 Å². The molecule has 0 aliphatic rings. The van der Waals surface area contributed by atoms with Gasteiger partial charge < -0.3 is 10.1 Å². The predicted octanol–water partition coefficient (Wildman–Crippen LogP) is 5.04. The van der Waals surface area contributed by atoms with E-state index in [9.17, 15) is 13.2 Å². The van der Waals surface area contributed by atoms with Crippen LogP contribution in [0.2, 0.25) is 0 Å². The molecule has 1 N–H and O–H groups in total. The number of halogens is 5. The molecule has 0 aromatic heterocycles. The summed E-state index contributed by atoms with van der Waals surface area (Å²) in [6.07, 6.45) is -4.13. The number of nitrogens with one attached hydrogen (secondary N) is 1. The summed E-state index contributed by atoms with van der Waals surface area (Å²) in [6, 6.07) is 3.80. The molecular weight excluding hydrogens is 403 g/mol. The van der Waals surface area contributed by atoms with Gasteiger partial charge in [0.2, 0.25) is 0 Å². The van der Waals surface area contributed by atoms with Gasteiger partial charge in [0.25, 0.3) is 0 Å². The van der Waals surface area contributed by atoms with Gasteiger partial charge in [0.1, 0.15) is 5.75 Å². The molecule has 1 rings (SSSR count). The Morgan fingerprint density at radius 2 is 1.90 bits per heavy atom. The van der Waals surface area contributed by atoms with Gasteiger partial charge in [-0.05, 0) is 47.4 Å². The van der Waals surface area contributed by atoms with Crippen LogP contribution in [0.4, 0.5) is 13.2 Å². The molecule has 0 radical (unpaired) electrons. The Labute approximate surface area is 133 Å². The Morgan fingerprint density at radius 1 is 1.20 bits per heavy atom. The minimum absolute atomic E-state index is 0.149. The van der Waals surface area contributed by atoms with Crippen LogP contribution >= 0.6 is 31.9 Å². The maximum Gasteiger partial charge on any atom is 0.389 e. The second-order valence-electron chi connectivity index (χ2n) is 4.33. The minimum atomic E-state index is -4.06. The van der Waals surface area contributed by atoms with Gasteiger partial charge in [-0.2, -0.15) is 13.2 Å². The highest BCUT2D eigenvalue weighted by atomic mass is 79.9. The molecule has 0 fully saturated rings. The number of rotatable bonds is 7. The van der Waals surface area contributed by atoms with Gasteiger partial charge in [0.05, 0.1) is 11.6 Å². The molecule has 0 saturated carbocycles. The van der Waals surface area contributed by atoms with Crippen LogP contribution < -0.4 is 10.1 Å². The van der Waals surface area contributed by atoms with Gasteiger partial charge in [-0.25, -0.2) is 0 Å². The van der Waals surface area contributed by atoms with E-state index >= 15 is 0 Å². The first-order valence-electron chi connectivity index (χ1n) is 6.13. The van der Waals surface area contributed by atoms with Crippen molar-refractivity contribution < 1.29 is 17.9 Å². The summed E-state index contributed by atoms with van der Waals surface area (Å²) >= 11 is 6.80. The summed E-state index contributed by atoms with van der Waals surface area (Å²) in [6.45, 7) is 1.09. The number of unbranched alkanes of at least 4 members (excludes halogenated alkanes) is 1. The fourth-order valence-electron chi connectivity index (χ4n) is 1.77. The fraction of sp³-hybridized carbons (Fsp3) is 0.538. The molecular formula is C13H16Br2F3NO. The maximum absolute atomic E-state index is 12.0. The molecule has 1 aromatic rings. The highest BCUT2D eigenvalue weighted by molar-refractivity contribution is 9.11. The van der Waals surface area contributed by atoms with Crippen molar-refractivity contribution in [2.75, 3.05) is 13.7 Å². The zero-order chi connectivity index (χ0) is 15.2. The minimum Gasteiger partial charge on any atom is -0.495 e. The monoisotopic (exact) mass is 417 g/mol. The Balaban J connectivity index is 2.39. The van der Waals surface area contributed by atoms with Crippen molar-refractivity contribution in [3.05, 3.63) is 26.6 Å². The molecule has 0 aliphatic carbocycles. The zero-order valence-electron chi connectivity index (χ0n) is 11.0. The molecule has 7 heteroatoms. The summed E-state index contributed by atoms with van der Waals surface area (Å²) in [5.74, 6) is 0.732. The van der Waals surface area contributed by atoms with E-state index < -0.39 is 12.6 Å². The highest BCUT2D eigenvalue weighted by Crippen LogP contribution is 2.32. The number of ether oxygens (including phenoxy) is 1. The van der Waals surface area contributed by atoms with Crippen molar-refractivity contribution in [3.63, 3.8) is 0 Å². The first-order chi connectivity index (χ1) is 9.33. The first-order valence-corrected chi connectivity index (χ1v) is 7.71. The van der Waals surface area contributed by atoms with E-state index in [-0.39, 0.29) is 6.42 Å². The van der Waals surface area contributed by atoms with Gasteiger partial charge >= 0.3 is 6.18 Å². The van der Waals surface area contributed by atoms with Crippen molar-refractivity contribution in [1.82, 2.24) is 5.32 Å². The highest BCUT2D eigenvalue weighted by Gasteiger charge is 2.25. The summed E-state index contributed by atoms with van der Waals surface area (Å²) in [5.41, 5.74) is 0.949. The third-order valence-electron chi connectivity index (χ3n) is 2.67. The van der Waals surface area contributed by atoms with Crippen LogP contribution in [0.5, 0.6) is 5.75 Å². The SMILES string of the molecule is COc1c(Br)cc(Br)cc1CNCCCCC(F)(F)F. The summed E-state index contributed by atoms with van der Waals surface area (Å²) in [4.78, 5) is 0. The van der Waals surface area contributed by atoms with Crippen LogP contribution in [0.1, 0.15) is 24.8 Å². The lowest BCUT2D eigenvalue weighted by atomic mass is 10.2. The normalized spacial score (nSPS) is 11.7. The van der Waals surface area contributed by atoms with Gasteiger partial charge in [-0.3, -0.25) is 0 Å². The maximum atomic E-state index is 12.0. The molecule has 0 amide bonds. The van der Waals surface area contributed by atoms with Crippen LogP contribution in [0, 0.1) is 0 Å². The smallest absolute Gasteiger partial charge is 0.389 e. The van der Waals surface area contributed by atoms with Crippen LogP contribution in [-0.2, 0) is 6.54 Å². The Bertz CT molecular complexity index is 438. The molecule has 0 atom stereocenters. The number of methoxy groups -OCH3 is 1. The van der Waals surface area contributed by atoms with E-state index in [1.807, 2.05) is 12.1 Å². The van der Waals surface area contributed by atoms with Gasteiger partial charge in [-0.15, -0.1) is 0 Å². The molecule has 0 spiro atoms. The van der Waals surface area contributed by atoms with Crippen molar-refractivity contribution in [3.8, 4) is 5.75 Å². The second kappa shape index (κ2) is 8.24. The van der Waals surface area contributed by atoms with E-state index in [1.54, 1.807) is 7.11 Å². The Morgan fingerprint density at radius 3 is 2.50 bits per heavy atom. The van der Waals surface area contributed by atoms with E-state index in [1.165, 1.54) is 0 Å². The average molecular weight is 419 g/mol. The lowest BCUT2D eigenvalue weighted by Crippen LogP contribution is -2.16. The van der Waals surface area contributed by atoms with Crippen LogP contribution in [-0.4, -0.2) is 19.8 Å². The zero-order valence-corrected chi connectivity index (χ0v) is 14.2. The molecule has 0 saturated heterocycles. The molecule has 0 heterocycles. The van der Waals surface area contributed by atoms with Crippen molar-refractivity contribution in [1.29, 1.82) is 0 Å². The lowest BCUT2D eigenvalue weighted by molar-refractivity contribution is -0.135. The molecule has 1 aromatic carbocycles. The lowest BCUT2D eigenvalue weighted by Gasteiger charge is -2.12. The summed E-state index contributed by atoms with van der Waals surface area (Å²) in [7, 11) is 1.58. The van der Waals surface area contributed by atoms with E-state index in [0.717, 1.165) is 20.3 Å². The Kier molecular flexibility index (Phi) is 7.33.